The van der Waals surface area contributed by atoms with Crippen molar-refractivity contribution in [1.82, 2.24) is 4.98 Å². The molecule has 21 heavy (non-hydrogen) atoms. The number of benzene rings is 1. The van der Waals surface area contributed by atoms with E-state index < -0.39 is 0 Å². The lowest BCUT2D eigenvalue weighted by molar-refractivity contribution is 0.628. The zero-order chi connectivity index (χ0) is 15.0. The molecule has 106 valence electrons. The van der Waals surface area contributed by atoms with Crippen LogP contribution in [0.2, 0.25) is 0 Å². The first kappa shape index (κ1) is 13.6. The summed E-state index contributed by atoms with van der Waals surface area (Å²) < 4.78 is 14.3. The summed E-state index contributed by atoms with van der Waals surface area (Å²) in [6.45, 7) is 7.29. The van der Waals surface area contributed by atoms with Crippen LogP contribution in [0.15, 0.2) is 42.2 Å². The van der Waals surface area contributed by atoms with Gasteiger partial charge in [0.1, 0.15) is 5.82 Å². The first-order valence-corrected chi connectivity index (χ1v) is 6.96. The standard InChI is InChI=1S/C18H16FNO/c1-3-13-16(4-2)20-17(10-18(13)21)14-8-7-12(9-15(14)19)11-5-6-11/h3-4,7-11H,1-2,5-6H2,(H,20,21). The third-order valence-corrected chi connectivity index (χ3v) is 3.84. The molecule has 0 atom stereocenters. The predicted octanol–water partition coefficient (Wildman–Crippen LogP) is 4.34. The van der Waals surface area contributed by atoms with Crippen LogP contribution in [-0.4, -0.2) is 4.98 Å². The van der Waals surface area contributed by atoms with Crippen LogP contribution in [0.25, 0.3) is 23.4 Å². The van der Waals surface area contributed by atoms with Crippen LogP contribution in [0.3, 0.4) is 0 Å². The van der Waals surface area contributed by atoms with Gasteiger partial charge in [-0.2, -0.15) is 0 Å². The Balaban J connectivity index is 2.12. The Hall–Kier alpha value is -2.42. The highest BCUT2D eigenvalue weighted by Crippen LogP contribution is 2.41. The van der Waals surface area contributed by atoms with Gasteiger partial charge in [0.2, 0.25) is 0 Å². The van der Waals surface area contributed by atoms with Gasteiger partial charge in [-0.15, -0.1) is 0 Å². The summed E-state index contributed by atoms with van der Waals surface area (Å²) in [5.41, 5.74) is 2.70. The van der Waals surface area contributed by atoms with E-state index in [1.54, 1.807) is 18.2 Å². The maximum atomic E-state index is 14.3. The van der Waals surface area contributed by atoms with Gasteiger partial charge < -0.3 is 4.98 Å². The Labute approximate surface area is 122 Å². The van der Waals surface area contributed by atoms with Crippen LogP contribution < -0.4 is 5.43 Å². The maximum absolute atomic E-state index is 14.3. The Morgan fingerprint density at radius 3 is 2.52 bits per heavy atom. The Kier molecular flexibility index (Phi) is 3.34. The van der Waals surface area contributed by atoms with Crippen LogP contribution in [-0.2, 0) is 0 Å². The summed E-state index contributed by atoms with van der Waals surface area (Å²) in [6.07, 6.45) is 5.28. The molecule has 3 heteroatoms. The molecule has 0 saturated heterocycles. The number of hydrogen-bond donors (Lipinski definition) is 1. The van der Waals surface area contributed by atoms with Crippen LogP contribution in [0.1, 0.15) is 35.6 Å². The van der Waals surface area contributed by atoms with E-state index >= 15 is 0 Å². The van der Waals surface area contributed by atoms with E-state index in [1.807, 2.05) is 6.07 Å². The number of aromatic nitrogens is 1. The summed E-state index contributed by atoms with van der Waals surface area (Å²) in [5.74, 6) is 0.191. The number of nitrogens with one attached hydrogen (secondary N) is 1. The second-order valence-electron chi connectivity index (χ2n) is 5.30. The van der Waals surface area contributed by atoms with Crippen LogP contribution in [0.4, 0.5) is 4.39 Å². The number of hydrogen-bond acceptors (Lipinski definition) is 1. The van der Waals surface area contributed by atoms with E-state index in [0.29, 0.717) is 28.4 Å². The Morgan fingerprint density at radius 1 is 1.19 bits per heavy atom. The number of halogens is 1. The second kappa shape index (κ2) is 5.17. The van der Waals surface area contributed by atoms with Crippen molar-refractivity contribution in [2.24, 2.45) is 0 Å². The summed E-state index contributed by atoms with van der Waals surface area (Å²) in [5, 5.41) is 0. The highest BCUT2D eigenvalue weighted by atomic mass is 19.1. The number of rotatable bonds is 4. The van der Waals surface area contributed by atoms with E-state index in [9.17, 15) is 9.18 Å². The Morgan fingerprint density at radius 2 is 1.95 bits per heavy atom. The zero-order valence-corrected chi connectivity index (χ0v) is 11.7. The molecule has 1 N–H and O–H groups in total. The Bertz CT molecular complexity index is 784. The van der Waals surface area contributed by atoms with Gasteiger partial charge in [-0.1, -0.05) is 25.3 Å². The van der Waals surface area contributed by atoms with Crippen LogP contribution in [0.5, 0.6) is 0 Å². The number of pyridine rings is 1. The summed E-state index contributed by atoms with van der Waals surface area (Å²) in [6, 6.07) is 6.64. The smallest absolute Gasteiger partial charge is 0.189 e. The van der Waals surface area contributed by atoms with Crippen molar-refractivity contribution in [3.63, 3.8) is 0 Å². The molecule has 1 fully saturated rings. The lowest BCUT2D eigenvalue weighted by Gasteiger charge is -2.09. The molecule has 0 bridgehead atoms. The summed E-state index contributed by atoms with van der Waals surface area (Å²) in [4.78, 5) is 15.1. The molecule has 1 aliphatic carbocycles. The van der Waals surface area contributed by atoms with E-state index in [2.05, 4.69) is 18.1 Å². The van der Waals surface area contributed by atoms with Gasteiger partial charge in [-0.05, 0) is 42.5 Å². The van der Waals surface area contributed by atoms with E-state index in [4.69, 9.17) is 0 Å². The average Bonchev–Trinajstić information content (AvgIpc) is 3.30. The van der Waals surface area contributed by atoms with Crippen molar-refractivity contribution in [1.29, 1.82) is 0 Å². The number of H-pyrrole nitrogens is 1. The maximum Gasteiger partial charge on any atom is 0.189 e. The molecule has 3 rings (SSSR count). The molecular formula is C18H16FNO. The van der Waals surface area contributed by atoms with E-state index in [0.717, 1.165) is 18.4 Å². The highest BCUT2D eigenvalue weighted by molar-refractivity contribution is 5.67. The topological polar surface area (TPSA) is 32.9 Å². The van der Waals surface area contributed by atoms with E-state index in [1.165, 1.54) is 12.1 Å². The first-order valence-electron chi connectivity index (χ1n) is 6.96. The molecule has 0 unspecified atom stereocenters. The fraction of sp³-hybridized carbons (Fsp3) is 0.167. The van der Waals surface area contributed by atoms with Crippen molar-refractivity contribution in [3.8, 4) is 11.3 Å². The molecule has 0 radical (unpaired) electrons. The molecule has 0 aliphatic heterocycles. The van der Waals surface area contributed by atoms with Crippen molar-refractivity contribution in [3.05, 3.63) is 70.3 Å². The monoisotopic (exact) mass is 281 g/mol. The minimum Gasteiger partial charge on any atom is -0.354 e. The SMILES string of the molecule is C=Cc1[nH]c(-c2ccc(C3CC3)cc2F)cc(=O)c1C=C. The molecule has 2 aromatic rings. The molecule has 0 spiro atoms. The van der Waals surface area contributed by atoms with Crippen molar-refractivity contribution < 1.29 is 4.39 Å². The first-order chi connectivity index (χ1) is 10.1. The molecule has 1 aliphatic rings. The third kappa shape index (κ3) is 2.47. The van der Waals surface area contributed by atoms with Gasteiger partial charge in [0.25, 0.3) is 0 Å². The van der Waals surface area contributed by atoms with E-state index in [-0.39, 0.29) is 11.2 Å². The molecule has 1 aromatic heterocycles. The predicted molar refractivity (Wildman–Crippen MR) is 84.6 cm³/mol. The highest BCUT2D eigenvalue weighted by Gasteiger charge is 2.24. The third-order valence-electron chi connectivity index (χ3n) is 3.84. The lowest BCUT2D eigenvalue weighted by atomic mass is 10.0. The summed E-state index contributed by atoms with van der Waals surface area (Å²) in [7, 11) is 0. The van der Waals surface area contributed by atoms with Gasteiger partial charge >= 0.3 is 0 Å². The van der Waals surface area contributed by atoms with Crippen molar-refractivity contribution >= 4 is 12.2 Å². The van der Waals surface area contributed by atoms with Gasteiger partial charge in [-0.25, -0.2) is 4.39 Å². The molecule has 1 saturated carbocycles. The minimum atomic E-state index is -0.309. The second-order valence-corrected chi connectivity index (χ2v) is 5.30. The normalized spacial score (nSPS) is 14.0. The fourth-order valence-corrected chi connectivity index (χ4v) is 2.53. The molecule has 2 nitrogen and oxygen atoms in total. The molecule has 1 heterocycles. The van der Waals surface area contributed by atoms with Crippen molar-refractivity contribution in [2.75, 3.05) is 0 Å². The molecule has 0 amide bonds. The minimum absolute atomic E-state index is 0.195. The van der Waals surface area contributed by atoms with Gasteiger partial charge in [-0.3, -0.25) is 4.79 Å². The number of aromatic amines is 1. The summed E-state index contributed by atoms with van der Waals surface area (Å²) >= 11 is 0. The average molecular weight is 281 g/mol. The van der Waals surface area contributed by atoms with Gasteiger partial charge in [0.15, 0.2) is 5.43 Å². The quantitative estimate of drug-likeness (QED) is 0.888. The van der Waals surface area contributed by atoms with Gasteiger partial charge in [0.05, 0.1) is 5.69 Å². The largest absolute Gasteiger partial charge is 0.354 e. The van der Waals surface area contributed by atoms with Crippen LogP contribution >= 0.6 is 0 Å². The molecular weight excluding hydrogens is 265 g/mol. The molecule has 1 aromatic carbocycles. The fourth-order valence-electron chi connectivity index (χ4n) is 2.53. The van der Waals surface area contributed by atoms with Gasteiger partial charge in [0, 0.05) is 22.9 Å². The van der Waals surface area contributed by atoms with Crippen LogP contribution in [0, 0.1) is 5.82 Å². The zero-order valence-electron chi connectivity index (χ0n) is 11.7. The van der Waals surface area contributed by atoms with Crippen molar-refractivity contribution in [2.45, 2.75) is 18.8 Å². The lowest BCUT2D eigenvalue weighted by Crippen LogP contribution is -2.09.